The standard InChI is InChI=1S/C11H18N2O4/c1-5-6-7-8(9(14)13-16)12-10(15)17-11(2,3)4/h8,16H,7H2,1-4H3,(H,12,15)(H,13,14)/t8-/m0/s1. The normalized spacial score (nSPS) is 11.8. The summed E-state index contributed by atoms with van der Waals surface area (Å²) in [6.45, 7) is 6.74. The summed E-state index contributed by atoms with van der Waals surface area (Å²) < 4.78 is 4.98. The third-order valence-corrected chi connectivity index (χ3v) is 1.60. The van der Waals surface area contributed by atoms with Crippen molar-refractivity contribution in [2.45, 2.75) is 45.8 Å². The Balaban J connectivity index is 4.46. The Morgan fingerprint density at radius 2 is 2.00 bits per heavy atom. The van der Waals surface area contributed by atoms with E-state index >= 15 is 0 Å². The third-order valence-electron chi connectivity index (χ3n) is 1.60. The van der Waals surface area contributed by atoms with E-state index in [1.54, 1.807) is 27.7 Å². The van der Waals surface area contributed by atoms with E-state index < -0.39 is 23.6 Å². The highest BCUT2D eigenvalue weighted by Crippen LogP contribution is 2.07. The zero-order valence-electron chi connectivity index (χ0n) is 10.5. The fourth-order valence-corrected chi connectivity index (χ4v) is 0.941. The first-order chi connectivity index (χ1) is 7.80. The average Bonchev–Trinajstić information content (AvgIpc) is 2.20. The number of rotatable bonds is 3. The Kier molecular flexibility index (Phi) is 6.07. The topological polar surface area (TPSA) is 87.7 Å². The molecular weight excluding hydrogens is 224 g/mol. The van der Waals surface area contributed by atoms with Gasteiger partial charge in [-0.05, 0) is 27.7 Å². The van der Waals surface area contributed by atoms with Crippen molar-refractivity contribution in [3.05, 3.63) is 0 Å². The van der Waals surface area contributed by atoms with Crippen LogP contribution < -0.4 is 10.8 Å². The summed E-state index contributed by atoms with van der Waals surface area (Å²) >= 11 is 0. The molecule has 0 spiro atoms. The summed E-state index contributed by atoms with van der Waals surface area (Å²) in [5.74, 6) is 4.50. The van der Waals surface area contributed by atoms with Crippen LogP contribution in [0.25, 0.3) is 0 Å². The number of hydrogen-bond acceptors (Lipinski definition) is 4. The Bertz CT molecular complexity index is 336. The van der Waals surface area contributed by atoms with Gasteiger partial charge in [-0.3, -0.25) is 10.0 Å². The maximum atomic E-state index is 11.4. The van der Waals surface area contributed by atoms with Gasteiger partial charge >= 0.3 is 6.09 Å². The first kappa shape index (κ1) is 15.3. The minimum Gasteiger partial charge on any atom is -0.444 e. The van der Waals surface area contributed by atoms with E-state index in [1.807, 2.05) is 0 Å². The van der Waals surface area contributed by atoms with Crippen molar-refractivity contribution in [2.75, 3.05) is 0 Å². The first-order valence-corrected chi connectivity index (χ1v) is 5.13. The molecule has 0 fully saturated rings. The number of alkyl carbamates (subject to hydrolysis) is 1. The summed E-state index contributed by atoms with van der Waals surface area (Å²) in [4.78, 5) is 22.6. The number of nitrogens with one attached hydrogen (secondary N) is 2. The van der Waals surface area contributed by atoms with Crippen molar-refractivity contribution >= 4 is 12.0 Å². The predicted octanol–water partition coefficient (Wildman–Crippen LogP) is 0.798. The summed E-state index contributed by atoms with van der Waals surface area (Å²) in [5.41, 5.74) is 0.813. The molecule has 6 heteroatoms. The number of carbonyl (C=O) groups is 2. The molecule has 17 heavy (non-hydrogen) atoms. The van der Waals surface area contributed by atoms with Gasteiger partial charge in [0.1, 0.15) is 11.6 Å². The number of ether oxygens (including phenoxy) is 1. The predicted molar refractivity (Wildman–Crippen MR) is 61.2 cm³/mol. The van der Waals surface area contributed by atoms with Gasteiger partial charge in [0.25, 0.3) is 5.91 Å². The second-order valence-electron chi connectivity index (χ2n) is 4.31. The molecule has 0 aliphatic rings. The van der Waals surface area contributed by atoms with Gasteiger partial charge in [-0.25, -0.2) is 10.3 Å². The molecule has 0 aromatic rings. The van der Waals surface area contributed by atoms with Crippen molar-refractivity contribution in [3.63, 3.8) is 0 Å². The lowest BCUT2D eigenvalue weighted by molar-refractivity contribution is -0.131. The van der Waals surface area contributed by atoms with Crippen LogP contribution in [-0.4, -0.2) is 28.9 Å². The van der Waals surface area contributed by atoms with Gasteiger partial charge < -0.3 is 10.1 Å². The van der Waals surface area contributed by atoms with E-state index in [9.17, 15) is 9.59 Å². The van der Waals surface area contributed by atoms with E-state index in [4.69, 9.17) is 9.94 Å². The Hall–Kier alpha value is -1.74. The van der Waals surface area contributed by atoms with Crippen LogP contribution in [0, 0.1) is 11.8 Å². The van der Waals surface area contributed by atoms with Gasteiger partial charge in [0.15, 0.2) is 0 Å². The van der Waals surface area contributed by atoms with Crippen molar-refractivity contribution < 1.29 is 19.5 Å². The minimum absolute atomic E-state index is 0.0993. The fourth-order valence-electron chi connectivity index (χ4n) is 0.941. The fraction of sp³-hybridized carbons (Fsp3) is 0.636. The van der Waals surface area contributed by atoms with E-state index in [1.165, 1.54) is 5.48 Å². The van der Waals surface area contributed by atoms with Crippen molar-refractivity contribution in [2.24, 2.45) is 0 Å². The minimum atomic E-state index is -0.942. The summed E-state index contributed by atoms with van der Waals surface area (Å²) in [7, 11) is 0. The third kappa shape index (κ3) is 7.19. The van der Waals surface area contributed by atoms with Crippen LogP contribution in [0.1, 0.15) is 34.1 Å². The lowest BCUT2D eigenvalue weighted by Gasteiger charge is -2.21. The van der Waals surface area contributed by atoms with E-state index in [-0.39, 0.29) is 6.42 Å². The van der Waals surface area contributed by atoms with Gasteiger partial charge in [0.2, 0.25) is 0 Å². The Labute approximate surface area is 101 Å². The molecule has 0 bridgehead atoms. The zero-order valence-corrected chi connectivity index (χ0v) is 10.5. The van der Waals surface area contributed by atoms with E-state index in [2.05, 4.69) is 17.2 Å². The van der Waals surface area contributed by atoms with Crippen molar-refractivity contribution in [3.8, 4) is 11.8 Å². The second kappa shape index (κ2) is 6.76. The summed E-state index contributed by atoms with van der Waals surface area (Å²) in [6.07, 6.45) is -0.633. The molecule has 0 saturated heterocycles. The molecule has 0 aliphatic heterocycles. The van der Waals surface area contributed by atoms with Gasteiger partial charge in [0.05, 0.1) is 0 Å². The highest BCUT2D eigenvalue weighted by Gasteiger charge is 2.23. The number of hydrogen-bond donors (Lipinski definition) is 3. The van der Waals surface area contributed by atoms with Gasteiger partial charge in [-0.1, -0.05) is 0 Å². The monoisotopic (exact) mass is 242 g/mol. The van der Waals surface area contributed by atoms with E-state index in [0.29, 0.717) is 0 Å². The highest BCUT2D eigenvalue weighted by molar-refractivity contribution is 5.85. The molecule has 0 aromatic carbocycles. The van der Waals surface area contributed by atoms with E-state index in [0.717, 1.165) is 0 Å². The van der Waals surface area contributed by atoms with Crippen LogP contribution >= 0.6 is 0 Å². The molecule has 0 heterocycles. The number of carbonyl (C=O) groups excluding carboxylic acids is 2. The highest BCUT2D eigenvalue weighted by atomic mass is 16.6. The van der Waals surface area contributed by atoms with Gasteiger partial charge in [-0.15, -0.1) is 11.8 Å². The van der Waals surface area contributed by atoms with Crippen LogP contribution in [-0.2, 0) is 9.53 Å². The van der Waals surface area contributed by atoms with Crippen LogP contribution in [0.2, 0.25) is 0 Å². The molecule has 3 N–H and O–H groups in total. The molecule has 6 nitrogen and oxygen atoms in total. The molecule has 0 unspecified atom stereocenters. The smallest absolute Gasteiger partial charge is 0.408 e. The molecule has 0 radical (unpaired) electrons. The molecule has 2 amide bonds. The summed E-state index contributed by atoms with van der Waals surface area (Å²) in [6, 6.07) is -0.942. The summed E-state index contributed by atoms with van der Waals surface area (Å²) in [5, 5.41) is 10.8. The zero-order chi connectivity index (χ0) is 13.5. The Morgan fingerprint density at radius 3 is 2.41 bits per heavy atom. The number of hydroxylamine groups is 1. The second-order valence-corrected chi connectivity index (χ2v) is 4.31. The molecule has 0 aromatic heterocycles. The van der Waals surface area contributed by atoms with Crippen molar-refractivity contribution in [1.29, 1.82) is 0 Å². The van der Waals surface area contributed by atoms with Crippen LogP contribution in [0.4, 0.5) is 4.79 Å². The van der Waals surface area contributed by atoms with Crippen LogP contribution in [0.15, 0.2) is 0 Å². The van der Waals surface area contributed by atoms with Crippen molar-refractivity contribution in [1.82, 2.24) is 10.8 Å². The lowest BCUT2D eigenvalue weighted by Crippen LogP contribution is -2.47. The van der Waals surface area contributed by atoms with Gasteiger partial charge in [0, 0.05) is 6.42 Å². The molecule has 0 aliphatic carbocycles. The van der Waals surface area contributed by atoms with Crippen LogP contribution in [0.3, 0.4) is 0 Å². The quantitative estimate of drug-likeness (QED) is 0.388. The number of amides is 2. The Morgan fingerprint density at radius 1 is 1.41 bits per heavy atom. The van der Waals surface area contributed by atoms with Gasteiger partial charge in [-0.2, -0.15) is 0 Å². The largest absolute Gasteiger partial charge is 0.444 e. The maximum absolute atomic E-state index is 11.4. The molecule has 96 valence electrons. The molecular formula is C11H18N2O4. The average molecular weight is 242 g/mol. The maximum Gasteiger partial charge on any atom is 0.408 e. The molecule has 0 saturated carbocycles. The molecule has 1 atom stereocenters. The SMILES string of the molecule is CC#CC[C@H](NC(=O)OC(C)(C)C)C(=O)NO. The van der Waals surface area contributed by atoms with Crippen LogP contribution in [0.5, 0.6) is 0 Å². The first-order valence-electron chi connectivity index (χ1n) is 5.13. The lowest BCUT2D eigenvalue weighted by atomic mass is 10.2. The molecule has 0 rings (SSSR count).